The molecule has 1 heterocycles. The van der Waals surface area contributed by atoms with Crippen LogP contribution in [-0.4, -0.2) is 17.5 Å². The lowest BCUT2D eigenvalue weighted by Crippen LogP contribution is -2.20. The van der Waals surface area contributed by atoms with Crippen LogP contribution in [0.1, 0.15) is 30.9 Å². The van der Waals surface area contributed by atoms with E-state index in [9.17, 15) is 9.18 Å². The molecule has 0 aliphatic carbocycles. The number of fused-ring (bicyclic) bond motifs is 1. The number of anilines is 1. The quantitative estimate of drug-likeness (QED) is 0.352. The van der Waals surface area contributed by atoms with Gasteiger partial charge < -0.3 is 14.5 Å². The molecule has 0 unspecified atom stereocenters. The fourth-order valence-electron chi connectivity index (χ4n) is 3.37. The van der Waals surface area contributed by atoms with Crippen molar-refractivity contribution in [1.29, 1.82) is 0 Å². The second-order valence-electron chi connectivity index (χ2n) is 7.86. The molecule has 7 heteroatoms. The molecule has 3 aromatic carbocycles. The highest BCUT2D eigenvalue weighted by molar-refractivity contribution is 6.33. The van der Waals surface area contributed by atoms with Gasteiger partial charge in [0, 0.05) is 5.69 Å². The number of hydrogen-bond acceptors (Lipinski definition) is 4. The molecule has 0 aliphatic heterocycles. The molecule has 1 amide bonds. The van der Waals surface area contributed by atoms with Crippen molar-refractivity contribution >= 4 is 34.3 Å². The maximum Gasteiger partial charge on any atom is 0.262 e. The molecule has 164 valence electrons. The van der Waals surface area contributed by atoms with E-state index in [2.05, 4.69) is 24.1 Å². The molecular formula is C25H22ClFN2O3. The van der Waals surface area contributed by atoms with Crippen LogP contribution in [-0.2, 0) is 4.79 Å². The highest BCUT2D eigenvalue weighted by Gasteiger charge is 2.14. The van der Waals surface area contributed by atoms with E-state index in [-0.39, 0.29) is 29.3 Å². The minimum Gasteiger partial charge on any atom is -0.483 e. The zero-order valence-corrected chi connectivity index (χ0v) is 18.7. The number of benzene rings is 3. The fraction of sp³-hybridized carbons (Fsp3) is 0.200. The number of halogens is 2. The topological polar surface area (TPSA) is 64.4 Å². The van der Waals surface area contributed by atoms with Crippen LogP contribution < -0.4 is 10.1 Å². The SMILES string of the molecule is Cc1ccc(C(C)C)c(OCC(=O)Nc2ccc3oc(-c4ccc(F)cc4Cl)nc3c2)c1. The predicted molar refractivity (Wildman–Crippen MR) is 124 cm³/mol. The number of carbonyl (C=O) groups excluding carboxylic acids is 1. The van der Waals surface area contributed by atoms with Crippen LogP contribution in [0.3, 0.4) is 0 Å². The van der Waals surface area contributed by atoms with E-state index in [0.717, 1.165) is 11.1 Å². The molecule has 0 spiro atoms. The van der Waals surface area contributed by atoms with E-state index in [1.807, 2.05) is 25.1 Å². The van der Waals surface area contributed by atoms with E-state index in [0.29, 0.717) is 28.1 Å². The first-order valence-corrected chi connectivity index (χ1v) is 10.6. The first-order valence-electron chi connectivity index (χ1n) is 10.2. The largest absolute Gasteiger partial charge is 0.483 e. The third-order valence-electron chi connectivity index (χ3n) is 4.98. The van der Waals surface area contributed by atoms with Gasteiger partial charge in [-0.1, -0.05) is 37.6 Å². The number of amides is 1. The molecule has 0 bridgehead atoms. The van der Waals surface area contributed by atoms with Crippen LogP contribution in [0.2, 0.25) is 5.02 Å². The van der Waals surface area contributed by atoms with E-state index in [1.54, 1.807) is 18.2 Å². The van der Waals surface area contributed by atoms with Gasteiger partial charge in [0.25, 0.3) is 5.91 Å². The Hall–Kier alpha value is -3.38. The summed E-state index contributed by atoms with van der Waals surface area (Å²) < 4.78 is 24.8. The number of nitrogens with zero attached hydrogens (tertiary/aromatic N) is 1. The van der Waals surface area contributed by atoms with E-state index in [4.69, 9.17) is 20.8 Å². The van der Waals surface area contributed by atoms with Crippen LogP contribution in [0.25, 0.3) is 22.6 Å². The first kappa shape index (κ1) is 21.8. The average Bonchev–Trinajstić information content (AvgIpc) is 3.15. The van der Waals surface area contributed by atoms with Crippen LogP contribution in [0.5, 0.6) is 5.75 Å². The Morgan fingerprint density at radius 2 is 1.97 bits per heavy atom. The van der Waals surface area contributed by atoms with Crippen molar-refractivity contribution in [2.45, 2.75) is 26.7 Å². The monoisotopic (exact) mass is 452 g/mol. The smallest absolute Gasteiger partial charge is 0.262 e. The molecule has 5 nitrogen and oxygen atoms in total. The lowest BCUT2D eigenvalue weighted by atomic mass is 10.0. The molecule has 0 fully saturated rings. The van der Waals surface area contributed by atoms with Gasteiger partial charge in [-0.25, -0.2) is 9.37 Å². The van der Waals surface area contributed by atoms with Gasteiger partial charge in [-0.2, -0.15) is 0 Å². The second-order valence-corrected chi connectivity index (χ2v) is 8.27. The van der Waals surface area contributed by atoms with Gasteiger partial charge in [0.2, 0.25) is 5.89 Å². The summed E-state index contributed by atoms with van der Waals surface area (Å²) in [6.07, 6.45) is 0. The van der Waals surface area contributed by atoms with Gasteiger partial charge >= 0.3 is 0 Å². The average molecular weight is 453 g/mol. The van der Waals surface area contributed by atoms with Gasteiger partial charge in [0.05, 0.1) is 10.6 Å². The number of hydrogen-bond donors (Lipinski definition) is 1. The summed E-state index contributed by atoms with van der Waals surface area (Å²) in [6, 6.07) is 15.1. The molecule has 4 rings (SSSR count). The maximum atomic E-state index is 13.3. The number of oxazole rings is 1. The normalized spacial score (nSPS) is 11.2. The summed E-state index contributed by atoms with van der Waals surface area (Å²) in [6.45, 7) is 6.03. The molecule has 0 saturated heterocycles. The summed E-state index contributed by atoms with van der Waals surface area (Å²) >= 11 is 6.11. The minimum absolute atomic E-state index is 0.115. The third kappa shape index (κ3) is 4.75. The van der Waals surface area contributed by atoms with Gasteiger partial charge in [-0.05, 0) is 66.4 Å². The summed E-state index contributed by atoms with van der Waals surface area (Å²) in [5.74, 6) is 0.548. The molecule has 0 atom stereocenters. The summed E-state index contributed by atoms with van der Waals surface area (Å²) in [5, 5.41) is 3.02. The van der Waals surface area contributed by atoms with Crippen LogP contribution >= 0.6 is 11.6 Å². The van der Waals surface area contributed by atoms with E-state index >= 15 is 0 Å². The van der Waals surface area contributed by atoms with Crippen LogP contribution in [0, 0.1) is 12.7 Å². The number of nitrogens with one attached hydrogen (secondary N) is 1. The maximum absolute atomic E-state index is 13.3. The van der Waals surface area contributed by atoms with E-state index in [1.165, 1.54) is 18.2 Å². The highest BCUT2D eigenvalue weighted by atomic mass is 35.5. The van der Waals surface area contributed by atoms with Crippen molar-refractivity contribution in [3.63, 3.8) is 0 Å². The molecule has 0 saturated carbocycles. The van der Waals surface area contributed by atoms with Crippen molar-refractivity contribution in [2.75, 3.05) is 11.9 Å². The molecule has 4 aromatic rings. The Morgan fingerprint density at radius 1 is 1.16 bits per heavy atom. The summed E-state index contributed by atoms with van der Waals surface area (Å²) in [7, 11) is 0. The summed E-state index contributed by atoms with van der Waals surface area (Å²) in [5.41, 5.74) is 4.24. The van der Waals surface area contributed by atoms with Gasteiger partial charge in [0.1, 0.15) is 17.1 Å². The van der Waals surface area contributed by atoms with Crippen molar-refractivity contribution in [2.24, 2.45) is 0 Å². The highest BCUT2D eigenvalue weighted by Crippen LogP contribution is 2.31. The standard InChI is InChI=1S/C25H22ClFN2O3/c1-14(2)18-7-4-15(3)10-23(18)31-13-24(30)28-17-6-9-22-21(12-17)29-25(32-22)19-8-5-16(27)11-20(19)26/h4-12,14H,13H2,1-3H3,(H,28,30). The van der Waals surface area contributed by atoms with Crippen molar-refractivity contribution in [1.82, 2.24) is 4.98 Å². The fourth-order valence-corrected chi connectivity index (χ4v) is 3.62. The molecule has 1 N–H and O–H groups in total. The Balaban J connectivity index is 1.48. The minimum atomic E-state index is -0.437. The van der Waals surface area contributed by atoms with Crippen molar-refractivity contribution in [3.8, 4) is 17.2 Å². The number of carbonyl (C=O) groups is 1. The van der Waals surface area contributed by atoms with Crippen molar-refractivity contribution in [3.05, 3.63) is 76.6 Å². The Bertz CT molecular complexity index is 1300. The molecule has 0 aliphatic rings. The number of aryl methyl sites for hydroxylation is 1. The molecular weight excluding hydrogens is 431 g/mol. The molecule has 0 radical (unpaired) electrons. The van der Waals surface area contributed by atoms with E-state index < -0.39 is 5.82 Å². The Morgan fingerprint density at radius 3 is 2.72 bits per heavy atom. The zero-order chi connectivity index (χ0) is 22.8. The summed E-state index contributed by atoms with van der Waals surface area (Å²) in [4.78, 5) is 16.9. The first-order chi connectivity index (χ1) is 15.3. The third-order valence-corrected chi connectivity index (χ3v) is 5.30. The zero-order valence-electron chi connectivity index (χ0n) is 17.9. The predicted octanol–water partition coefficient (Wildman–Crippen LogP) is 6.74. The van der Waals surface area contributed by atoms with Gasteiger partial charge in [0.15, 0.2) is 12.2 Å². The van der Waals surface area contributed by atoms with Crippen molar-refractivity contribution < 1.29 is 18.3 Å². The van der Waals surface area contributed by atoms with Crippen LogP contribution in [0.15, 0.2) is 59.0 Å². The Labute approximate surface area is 190 Å². The number of ether oxygens (including phenoxy) is 1. The van der Waals surface area contributed by atoms with Gasteiger partial charge in [-0.3, -0.25) is 4.79 Å². The number of aromatic nitrogens is 1. The van der Waals surface area contributed by atoms with Crippen LogP contribution in [0.4, 0.5) is 10.1 Å². The molecule has 32 heavy (non-hydrogen) atoms. The second kappa shape index (κ2) is 9.01. The molecule has 1 aromatic heterocycles. The Kier molecular flexibility index (Phi) is 6.15. The number of rotatable bonds is 6. The lowest BCUT2D eigenvalue weighted by Gasteiger charge is -2.14. The lowest BCUT2D eigenvalue weighted by molar-refractivity contribution is -0.118. The van der Waals surface area contributed by atoms with Gasteiger partial charge in [-0.15, -0.1) is 0 Å².